The second-order valence-electron chi connectivity index (χ2n) is 6.49. The topological polar surface area (TPSA) is 77.0 Å². The normalized spacial score (nSPS) is 10.7. The largest absolute Gasteiger partial charge is 0.497 e. The van der Waals surface area contributed by atoms with E-state index in [1.807, 2.05) is 36.4 Å². The Morgan fingerprint density at radius 2 is 1.80 bits per heavy atom. The average Bonchev–Trinajstić information content (AvgIpc) is 3.47. The Labute approximate surface area is 182 Å². The second-order valence-corrected chi connectivity index (χ2v) is 8.29. The number of rotatable bonds is 8. The number of pyridine rings is 1. The molecule has 152 valence electrons. The van der Waals surface area contributed by atoms with Gasteiger partial charge in [0.2, 0.25) is 0 Å². The maximum Gasteiger partial charge on any atom is 0.270 e. The number of ether oxygens (including phenoxy) is 1. The van der Waals surface area contributed by atoms with Crippen LogP contribution in [0.25, 0.3) is 21.8 Å². The smallest absolute Gasteiger partial charge is 0.270 e. The van der Waals surface area contributed by atoms with Gasteiger partial charge in [0.05, 0.1) is 17.8 Å². The first-order valence-electron chi connectivity index (χ1n) is 9.46. The van der Waals surface area contributed by atoms with E-state index in [9.17, 15) is 4.79 Å². The average molecular weight is 437 g/mol. The molecule has 6 nitrogen and oxygen atoms in total. The van der Waals surface area contributed by atoms with Crippen molar-refractivity contribution >= 4 is 28.6 Å². The first kappa shape index (κ1) is 20.2. The maximum absolute atomic E-state index is 12.4. The number of thiazole rings is 2. The quantitative estimate of drug-likeness (QED) is 0.405. The molecule has 0 aliphatic carbocycles. The van der Waals surface area contributed by atoms with E-state index >= 15 is 0 Å². The molecule has 1 aromatic carbocycles. The molecule has 30 heavy (non-hydrogen) atoms. The third-order valence-electron chi connectivity index (χ3n) is 4.45. The van der Waals surface area contributed by atoms with Gasteiger partial charge in [-0.3, -0.25) is 9.78 Å². The summed E-state index contributed by atoms with van der Waals surface area (Å²) >= 11 is 3.09. The number of aromatic nitrogens is 3. The standard InChI is InChI=1S/C22H20N4O2S2/c1-28-17-6-4-16(5-7-17)22-26-19(14-30-22)21(27)24-10-2-3-20-25-18(13-29-20)15-8-11-23-12-9-15/h4-9,11-14H,2-3,10H2,1H3,(H,24,27). The zero-order chi connectivity index (χ0) is 20.8. The molecular formula is C22H20N4O2S2. The van der Waals surface area contributed by atoms with Gasteiger partial charge >= 0.3 is 0 Å². The van der Waals surface area contributed by atoms with Crippen molar-refractivity contribution in [3.63, 3.8) is 0 Å². The van der Waals surface area contributed by atoms with Crippen LogP contribution in [-0.4, -0.2) is 34.5 Å². The minimum atomic E-state index is -0.150. The van der Waals surface area contributed by atoms with Gasteiger partial charge in [-0.15, -0.1) is 22.7 Å². The molecule has 0 aliphatic heterocycles. The highest BCUT2D eigenvalue weighted by Crippen LogP contribution is 2.26. The van der Waals surface area contributed by atoms with Crippen molar-refractivity contribution in [2.24, 2.45) is 0 Å². The van der Waals surface area contributed by atoms with Crippen molar-refractivity contribution in [1.82, 2.24) is 20.3 Å². The fourth-order valence-corrected chi connectivity index (χ4v) is 4.51. The third-order valence-corrected chi connectivity index (χ3v) is 6.25. The van der Waals surface area contributed by atoms with Crippen LogP contribution < -0.4 is 10.1 Å². The summed E-state index contributed by atoms with van der Waals surface area (Å²) in [7, 11) is 1.63. The fraction of sp³-hybridized carbons (Fsp3) is 0.182. The van der Waals surface area contributed by atoms with Gasteiger partial charge in [-0.2, -0.15) is 0 Å². The summed E-state index contributed by atoms with van der Waals surface area (Å²) in [5, 5.41) is 8.66. The van der Waals surface area contributed by atoms with Crippen LogP contribution in [0.3, 0.4) is 0 Å². The highest BCUT2D eigenvalue weighted by Gasteiger charge is 2.12. The van der Waals surface area contributed by atoms with Gasteiger partial charge in [-0.05, 0) is 42.8 Å². The Morgan fingerprint density at radius 3 is 2.57 bits per heavy atom. The Kier molecular flexibility index (Phi) is 6.46. The molecule has 0 saturated heterocycles. The number of carbonyl (C=O) groups excluding carboxylic acids is 1. The van der Waals surface area contributed by atoms with Gasteiger partial charge in [0.15, 0.2) is 0 Å². The van der Waals surface area contributed by atoms with E-state index in [2.05, 4.69) is 25.6 Å². The molecule has 0 spiro atoms. The van der Waals surface area contributed by atoms with E-state index in [1.54, 1.807) is 36.2 Å². The molecule has 0 aliphatic rings. The Balaban J connectivity index is 1.26. The lowest BCUT2D eigenvalue weighted by molar-refractivity contribution is 0.0949. The third kappa shape index (κ3) is 4.90. The predicted molar refractivity (Wildman–Crippen MR) is 120 cm³/mol. The molecule has 0 radical (unpaired) electrons. The van der Waals surface area contributed by atoms with E-state index in [0.717, 1.165) is 45.4 Å². The van der Waals surface area contributed by atoms with Gasteiger partial charge in [-0.1, -0.05) is 0 Å². The van der Waals surface area contributed by atoms with Crippen molar-refractivity contribution in [2.75, 3.05) is 13.7 Å². The minimum Gasteiger partial charge on any atom is -0.497 e. The van der Waals surface area contributed by atoms with E-state index in [4.69, 9.17) is 4.74 Å². The molecule has 3 aromatic heterocycles. The first-order chi connectivity index (χ1) is 14.7. The van der Waals surface area contributed by atoms with Crippen molar-refractivity contribution in [1.29, 1.82) is 0 Å². The second kappa shape index (κ2) is 9.60. The summed E-state index contributed by atoms with van der Waals surface area (Å²) in [6.07, 6.45) is 5.18. The van der Waals surface area contributed by atoms with Crippen LogP contribution in [0.4, 0.5) is 0 Å². The molecule has 4 rings (SSSR count). The van der Waals surface area contributed by atoms with E-state index in [0.29, 0.717) is 12.2 Å². The SMILES string of the molecule is COc1ccc(-c2nc(C(=O)NCCCc3nc(-c4ccncc4)cs3)cs2)cc1. The van der Waals surface area contributed by atoms with Crippen LogP contribution in [0.15, 0.2) is 59.6 Å². The number of aryl methyl sites for hydroxylation is 1. The molecule has 4 aromatic rings. The van der Waals surface area contributed by atoms with Crippen molar-refractivity contribution in [2.45, 2.75) is 12.8 Å². The van der Waals surface area contributed by atoms with Gasteiger partial charge < -0.3 is 10.1 Å². The highest BCUT2D eigenvalue weighted by molar-refractivity contribution is 7.13. The fourth-order valence-electron chi connectivity index (χ4n) is 2.86. The van der Waals surface area contributed by atoms with Crippen molar-refractivity contribution in [3.8, 4) is 27.6 Å². The lowest BCUT2D eigenvalue weighted by Gasteiger charge is -2.02. The summed E-state index contributed by atoms with van der Waals surface area (Å²) in [5.41, 5.74) is 3.45. The summed E-state index contributed by atoms with van der Waals surface area (Å²) in [5.74, 6) is 0.643. The van der Waals surface area contributed by atoms with Crippen LogP contribution in [-0.2, 0) is 6.42 Å². The molecule has 3 heterocycles. The molecule has 0 fully saturated rings. The summed E-state index contributed by atoms with van der Waals surface area (Å²) in [4.78, 5) is 25.5. The van der Waals surface area contributed by atoms with Crippen molar-refractivity contribution in [3.05, 3.63) is 70.3 Å². The van der Waals surface area contributed by atoms with Gasteiger partial charge in [0, 0.05) is 47.2 Å². The number of carbonyl (C=O) groups is 1. The van der Waals surface area contributed by atoms with E-state index in [-0.39, 0.29) is 5.91 Å². The summed E-state index contributed by atoms with van der Waals surface area (Å²) in [6, 6.07) is 11.5. The molecule has 0 atom stereocenters. The van der Waals surface area contributed by atoms with Crippen LogP contribution in [0.1, 0.15) is 21.9 Å². The van der Waals surface area contributed by atoms with E-state index in [1.165, 1.54) is 11.3 Å². The lowest BCUT2D eigenvalue weighted by atomic mass is 10.2. The van der Waals surface area contributed by atoms with E-state index < -0.39 is 0 Å². The molecule has 0 bridgehead atoms. The molecule has 1 amide bonds. The molecule has 0 saturated carbocycles. The van der Waals surface area contributed by atoms with Gasteiger partial charge in [0.25, 0.3) is 5.91 Å². The van der Waals surface area contributed by atoms with Crippen molar-refractivity contribution < 1.29 is 9.53 Å². The molecule has 8 heteroatoms. The Hall–Kier alpha value is -3.10. The van der Waals surface area contributed by atoms with Gasteiger partial charge in [-0.25, -0.2) is 9.97 Å². The Morgan fingerprint density at radius 1 is 1.00 bits per heavy atom. The zero-order valence-corrected chi connectivity index (χ0v) is 18.0. The number of methoxy groups -OCH3 is 1. The monoisotopic (exact) mass is 436 g/mol. The predicted octanol–water partition coefficient (Wildman–Crippen LogP) is 4.70. The minimum absolute atomic E-state index is 0.150. The van der Waals surface area contributed by atoms with Crippen LogP contribution >= 0.6 is 22.7 Å². The van der Waals surface area contributed by atoms with Crippen LogP contribution in [0, 0.1) is 0 Å². The number of benzene rings is 1. The first-order valence-corrected chi connectivity index (χ1v) is 11.2. The molecule has 0 unspecified atom stereocenters. The number of hydrogen-bond acceptors (Lipinski definition) is 7. The summed E-state index contributed by atoms with van der Waals surface area (Å²) < 4.78 is 5.17. The highest BCUT2D eigenvalue weighted by atomic mass is 32.1. The number of amides is 1. The number of nitrogens with zero attached hydrogens (tertiary/aromatic N) is 3. The van der Waals surface area contributed by atoms with Crippen LogP contribution in [0.2, 0.25) is 0 Å². The molecule has 1 N–H and O–H groups in total. The number of nitrogens with one attached hydrogen (secondary N) is 1. The van der Waals surface area contributed by atoms with Gasteiger partial charge in [0.1, 0.15) is 16.5 Å². The Bertz CT molecular complexity index is 1110. The maximum atomic E-state index is 12.4. The zero-order valence-electron chi connectivity index (χ0n) is 16.4. The molecular weight excluding hydrogens is 416 g/mol. The lowest BCUT2D eigenvalue weighted by Crippen LogP contribution is -2.25. The number of hydrogen-bond donors (Lipinski definition) is 1. The van der Waals surface area contributed by atoms with Crippen LogP contribution in [0.5, 0.6) is 5.75 Å². The summed E-state index contributed by atoms with van der Waals surface area (Å²) in [6.45, 7) is 0.582.